The molecule has 17 heavy (non-hydrogen) atoms. The summed E-state index contributed by atoms with van der Waals surface area (Å²) in [5, 5.41) is 5.24. The van der Waals surface area contributed by atoms with Crippen molar-refractivity contribution in [2.24, 2.45) is 0 Å². The fourth-order valence-corrected chi connectivity index (χ4v) is 1.02. The minimum atomic E-state index is -0.670. The van der Waals surface area contributed by atoms with Crippen LogP contribution in [0.5, 0.6) is 0 Å². The highest BCUT2D eigenvalue weighted by Crippen LogP contribution is 2.08. The van der Waals surface area contributed by atoms with Crippen molar-refractivity contribution in [3.05, 3.63) is 0 Å². The van der Waals surface area contributed by atoms with Gasteiger partial charge in [-0.05, 0) is 48.5 Å². The molecule has 2 N–H and O–H groups in total. The Hall–Kier alpha value is -1.26. The summed E-state index contributed by atoms with van der Waals surface area (Å²) in [7, 11) is 0. The molecule has 0 aliphatic heterocycles. The average Bonchev–Trinajstić information content (AvgIpc) is 1.95. The predicted octanol–water partition coefficient (Wildman–Crippen LogP) is 1.81. The van der Waals surface area contributed by atoms with Gasteiger partial charge in [-0.3, -0.25) is 0 Å². The molecule has 1 atom stereocenters. The van der Waals surface area contributed by atoms with E-state index in [1.807, 2.05) is 20.8 Å². The van der Waals surface area contributed by atoms with Crippen LogP contribution >= 0.6 is 0 Å². The molecule has 0 saturated carbocycles. The van der Waals surface area contributed by atoms with Gasteiger partial charge in [-0.2, -0.15) is 0 Å². The van der Waals surface area contributed by atoms with E-state index in [9.17, 15) is 9.59 Å². The quantitative estimate of drug-likeness (QED) is 0.728. The minimum Gasteiger partial charge on any atom is -0.458 e. The van der Waals surface area contributed by atoms with Gasteiger partial charge < -0.3 is 15.4 Å². The maximum atomic E-state index is 11.6. The number of amides is 2. The van der Waals surface area contributed by atoms with Crippen molar-refractivity contribution in [2.75, 3.05) is 0 Å². The van der Waals surface area contributed by atoms with E-state index >= 15 is 0 Å². The average molecular weight is 244 g/mol. The standard InChI is InChI=1S/C12H24N2O3/c1-8(9(15)17-12(5,6)7)13-10(16)14-11(2,3)4/h8H,1-7H3,(H2,13,14,16)/t8-/m1/s1. The summed E-state index contributed by atoms with van der Waals surface area (Å²) in [6, 6.07) is -1.05. The number of nitrogens with one attached hydrogen (secondary N) is 2. The zero-order valence-corrected chi connectivity index (χ0v) is 11.8. The first-order valence-electron chi connectivity index (χ1n) is 5.72. The van der Waals surface area contributed by atoms with Crippen LogP contribution in [-0.2, 0) is 9.53 Å². The van der Waals surface area contributed by atoms with Gasteiger partial charge in [-0.15, -0.1) is 0 Å². The molecule has 0 aromatic heterocycles. The molecule has 0 aliphatic carbocycles. The van der Waals surface area contributed by atoms with Crippen LogP contribution in [0.3, 0.4) is 0 Å². The first kappa shape index (κ1) is 15.7. The Kier molecular flexibility index (Phi) is 4.98. The fourth-order valence-electron chi connectivity index (χ4n) is 1.02. The summed E-state index contributed by atoms with van der Waals surface area (Å²) < 4.78 is 5.15. The monoisotopic (exact) mass is 244 g/mol. The number of rotatable bonds is 2. The highest BCUT2D eigenvalue weighted by atomic mass is 16.6. The Morgan fingerprint density at radius 3 is 1.88 bits per heavy atom. The summed E-state index contributed by atoms with van der Waals surface area (Å²) >= 11 is 0. The lowest BCUT2D eigenvalue weighted by Crippen LogP contribution is -2.51. The zero-order valence-electron chi connectivity index (χ0n) is 11.8. The van der Waals surface area contributed by atoms with Gasteiger partial charge in [0.25, 0.3) is 0 Å². The number of ether oxygens (including phenoxy) is 1. The van der Waals surface area contributed by atoms with Crippen LogP contribution in [0.1, 0.15) is 48.5 Å². The first-order valence-corrected chi connectivity index (χ1v) is 5.72. The lowest BCUT2D eigenvalue weighted by Gasteiger charge is -2.25. The lowest BCUT2D eigenvalue weighted by molar-refractivity contribution is -0.156. The molecule has 0 aromatic carbocycles. The van der Waals surface area contributed by atoms with E-state index in [0.29, 0.717) is 0 Å². The van der Waals surface area contributed by atoms with Crippen LogP contribution < -0.4 is 10.6 Å². The van der Waals surface area contributed by atoms with Crippen molar-refractivity contribution in [1.29, 1.82) is 0 Å². The predicted molar refractivity (Wildman–Crippen MR) is 66.7 cm³/mol. The molecule has 0 saturated heterocycles. The molecule has 0 unspecified atom stereocenters. The van der Waals surface area contributed by atoms with Gasteiger partial charge in [0.2, 0.25) is 0 Å². The van der Waals surface area contributed by atoms with E-state index in [1.54, 1.807) is 27.7 Å². The van der Waals surface area contributed by atoms with Crippen LogP contribution in [0.2, 0.25) is 0 Å². The third kappa shape index (κ3) is 8.54. The SMILES string of the molecule is C[C@@H](NC(=O)NC(C)(C)C)C(=O)OC(C)(C)C. The Morgan fingerprint density at radius 1 is 1.06 bits per heavy atom. The molecule has 0 bridgehead atoms. The Morgan fingerprint density at radius 2 is 1.53 bits per heavy atom. The van der Waals surface area contributed by atoms with Crippen molar-refractivity contribution in [2.45, 2.75) is 65.6 Å². The normalized spacial score (nSPS) is 13.8. The van der Waals surface area contributed by atoms with Gasteiger partial charge in [0, 0.05) is 5.54 Å². The van der Waals surface area contributed by atoms with E-state index in [0.717, 1.165) is 0 Å². The van der Waals surface area contributed by atoms with E-state index < -0.39 is 17.6 Å². The molecule has 5 heteroatoms. The Bertz CT molecular complexity index is 287. The molecule has 0 rings (SSSR count). The lowest BCUT2D eigenvalue weighted by atomic mass is 10.1. The fraction of sp³-hybridized carbons (Fsp3) is 0.833. The third-order valence-electron chi connectivity index (χ3n) is 1.60. The van der Waals surface area contributed by atoms with E-state index in [4.69, 9.17) is 4.74 Å². The van der Waals surface area contributed by atoms with Crippen molar-refractivity contribution in [3.63, 3.8) is 0 Å². The van der Waals surface area contributed by atoms with Gasteiger partial charge in [0.15, 0.2) is 0 Å². The maximum absolute atomic E-state index is 11.6. The largest absolute Gasteiger partial charge is 0.458 e. The highest BCUT2D eigenvalue weighted by molar-refractivity contribution is 5.83. The van der Waals surface area contributed by atoms with Crippen molar-refractivity contribution in [1.82, 2.24) is 10.6 Å². The topological polar surface area (TPSA) is 67.4 Å². The Labute approximate surface area is 103 Å². The third-order valence-corrected chi connectivity index (χ3v) is 1.60. The number of urea groups is 1. The molecular weight excluding hydrogens is 220 g/mol. The molecule has 5 nitrogen and oxygen atoms in total. The summed E-state index contributed by atoms with van der Waals surface area (Å²) in [6.45, 7) is 12.5. The smallest absolute Gasteiger partial charge is 0.328 e. The first-order chi connectivity index (χ1) is 7.41. The molecule has 0 spiro atoms. The second kappa shape index (κ2) is 5.38. The van der Waals surface area contributed by atoms with Gasteiger partial charge in [0.05, 0.1) is 0 Å². The van der Waals surface area contributed by atoms with Crippen LogP contribution in [0.25, 0.3) is 0 Å². The van der Waals surface area contributed by atoms with E-state index in [2.05, 4.69) is 10.6 Å². The van der Waals surface area contributed by atoms with Crippen molar-refractivity contribution < 1.29 is 14.3 Å². The van der Waals surface area contributed by atoms with Gasteiger partial charge in [0.1, 0.15) is 11.6 Å². The zero-order chi connectivity index (χ0) is 13.9. The van der Waals surface area contributed by atoms with Crippen LogP contribution in [0.4, 0.5) is 4.79 Å². The van der Waals surface area contributed by atoms with Crippen LogP contribution in [-0.4, -0.2) is 29.2 Å². The number of carbonyl (C=O) groups is 2. The highest BCUT2D eigenvalue weighted by Gasteiger charge is 2.24. The molecule has 0 aliphatic rings. The number of hydrogen-bond acceptors (Lipinski definition) is 3. The molecule has 100 valence electrons. The second-order valence-corrected chi connectivity index (χ2v) is 6.10. The molecule has 0 fully saturated rings. The van der Waals surface area contributed by atoms with Crippen molar-refractivity contribution in [3.8, 4) is 0 Å². The van der Waals surface area contributed by atoms with E-state index in [-0.39, 0.29) is 11.6 Å². The second-order valence-electron chi connectivity index (χ2n) is 6.10. The summed E-state index contributed by atoms with van der Waals surface area (Å²) in [5.74, 6) is -0.443. The van der Waals surface area contributed by atoms with Crippen molar-refractivity contribution >= 4 is 12.0 Å². The maximum Gasteiger partial charge on any atom is 0.328 e. The summed E-state index contributed by atoms with van der Waals surface area (Å²) in [5.41, 5.74) is -0.884. The molecule has 2 amide bonds. The Balaban J connectivity index is 4.22. The molecule has 0 heterocycles. The molecule has 0 aromatic rings. The summed E-state index contributed by atoms with van der Waals surface area (Å²) in [4.78, 5) is 23.1. The van der Waals surface area contributed by atoms with Crippen LogP contribution in [0.15, 0.2) is 0 Å². The number of hydrogen-bond donors (Lipinski definition) is 2. The molecular formula is C12H24N2O3. The number of esters is 1. The number of carbonyl (C=O) groups excluding carboxylic acids is 2. The van der Waals surface area contributed by atoms with Gasteiger partial charge in [-0.1, -0.05) is 0 Å². The summed E-state index contributed by atoms with van der Waals surface area (Å²) in [6.07, 6.45) is 0. The van der Waals surface area contributed by atoms with Gasteiger partial charge >= 0.3 is 12.0 Å². The van der Waals surface area contributed by atoms with E-state index in [1.165, 1.54) is 0 Å². The minimum absolute atomic E-state index is 0.336. The molecule has 0 radical (unpaired) electrons. The van der Waals surface area contributed by atoms with Gasteiger partial charge in [-0.25, -0.2) is 9.59 Å². The van der Waals surface area contributed by atoms with Crippen LogP contribution in [0, 0.1) is 0 Å².